The summed E-state index contributed by atoms with van der Waals surface area (Å²) in [6.45, 7) is 0. The van der Waals surface area contributed by atoms with Crippen molar-refractivity contribution in [3.63, 3.8) is 0 Å². The highest BCUT2D eigenvalue weighted by molar-refractivity contribution is 7.90. The first kappa shape index (κ1) is 16.0. The van der Waals surface area contributed by atoms with Crippen LogP contribution < -0.4 is 4.72 Å². The number of nitrogens with one attached hydrogen (secondary N) is 1. The molecule has 22 heavy (non-hydrogen) atoms. The maximum Gasteiger partial charge on any atom is 0.335 e. The molecule has 0 aliphatic carbocycles. The van der Waals surface area contributed by atoms with Crippen LogP contribution >= 0.6 is 11.6 Å². The summed E-state index contributed by atoms with van der Waals surface area (Å²) < 4.78 is 26.0. The van der Waals surface area contributed by atoms with Gasteiger partial charge in [0.25, 0.3) is 15.9 Å². The van der Waals surface area contributed by atoms with Gasteiger partial charge in [0, 0.05) is 10.6 Å². The van der Waals surface area contributed by atoms with Gasteiger partial charge in [-0.2, -0.15) is 0 Å². The number of aromatic carboxylic acids is 1. The highest BCUT2D eigenvalue weighted by Crippen LogP contribution is 2.13. The molecule has 0 saturated carbocycles. The topological polar surface area (TPSA) is 101 Å². The number of carbonyl (C=O) groups excluding carboxylic acids is 1. The number of carboxylic acids is 1. The molecule has 0 saturated heterocycles. The van der Waals surface area contributed by atoms with E-state index >= 15 is 0 Å². The second-order valence-corrected chi connectivity index (χ2v) is 6.39. The van der Waals surface area contributed by atoms with E-state index in [0.717, 1.165) is 24.3 Å². The van der Waals surface area contributed by atoms with E-state index in [-0.39, 0.29) is 16.0 Å². The molecule has 6 nitrogen and oxygen atoms in total. The number of rotatable bonds is 4. The molecule has 2 N–H and O–H groups in total. The summed E-state index contributed by atoms with van der Waals surface area (Å²) in [6.07, 6.45) is 0. The average Bonchev–Trinajstić information content (AvgIpc) is 2.47. The molecule has 0 unspecified atom stereocenters. The number of halogens is 1. The standard InChI is InChI=1S/C14H10ClNO5S/c15-11-5-1-9(2-6-11)13(17)16-22(20,21)12-7-3-10(4-8-12)14(18)19/h1-8H,(H,16,17)(H,18,19). The molecule has 0 heterocycles. The highest BCUT2D eigenvalue weighted by Gasteiger charge is 2.19. The molecule has 2 aromatic carbocycles. The molecule has 114 valence electrons. The van der Waals surface area contributed by atoms with Crippen LogP contribution in [-0.2, 0) is 10.0 Å². The normalized spacial score (nSPS) is 11.0. The van der Waals surface area contributed by atoms with Crippen molar-refractivity contribution in [2.45, 2.75) is 4.90 Å². The van der Waals surface area contributed by atoms with E-state index in [1.807, 2.05) is 4.72 Å². The van der Waals surface area contributed by atoms with Gasteiger partial charge in [-0.05, 0) is 48.5 Å². The second-order valence-electron chi connectivity index (χ2n) is 4.27. The maximum atomic E-state index is 12.1. The van der Waals surface area contributed by atoms with Gasteiger partial charge < -0.3 is 5.11 Å². The van der Waals surface area contributed by atoms with Gasteiger partial charge in [-0.15, -0.1) is 0 Å². The number of amides is 1. The van der Waals surface area contributed by atoms with Gasteiger partial charge in [0.15, 0.2) is 0 Å². The van der Waals surface area contributed by atoms with Crippen LogP contribution in [-0.4, -0.2) is 25.4 Å². The van der Waals surface area contributed by atoms with Gasteiger partial charge in [-0.3, -0.25) is 4.79 Å². The van der Waals surface area contributed by atoms with Crippen molar-refractivity contribution >= 4 is 33.5 Å². The third-order valence-electron chi connectivity index (χ3n) is 2.75. The zero-order chi connectivity index (χ0) is 16.3. The van der Waals surface area contributed by atoms with Crippen molar-refractivity contribution in [3.8, 4) is 0 Å². The predicted molar refractivity (Wildman–Crippen MR) is 79.5 cm³/mol. The fourth-order valence-electron chi connectivity index (χ4n) is 1.62. The first-order valence-electron chi connectivity index (χ1n) is 5.96. The summed E-state index contributed by atoms with van der Waals surface area (Å²) in [5, 5.41) is 9.19. The molecule has 8 heteroatoms. The number of benzene rings is 2. The molecule has 0 radical (unpaired) electrons. The minimum atomic E-state index is -4.09. The van der Waals surface area contributed by atoms with E-state index in [0.29, 0.717) is 5.02 Å². The van der Waals surface area contributed by atoms with Crippen LogP contribution in [0.2, 0.25) is 5.02 Å². The summed E-state index contributed by atoms with van der Waals surface area (Å²) in [6, 6.07) is 10.2. The molecule has 0 aliphatic rings. The Morgan fingerprint density at radius 1 is 0.909 bits per heavy atom. The van der Waals surface area contributed by atoms with Crippen LogP contribution in [0.4, 0.5) is 0 Å². The fourth-order valence-corrected chi connectivity index (χ4v) is 2.72. The van der Waals surface area contributed by atoms with Crippen molar-refractivity contribution in [1.29, 1.82) is 0 Å². The van der Waals surface area contributed by atoms with Crippen LogP contribution in [0.3, 0.4) is 0 Å². The van der Waals surface area contributed by atoms with Crippen LogP contribution in [0, 0.1) is 0 Å². The zero-order valence-corrected chi connectivity index (χ0v) is 12.6. The lowest BCUT2D eigenvalue weighted by atomic mass is 10.2. The van der Waals surface area contributed by atoms with Gasteiger partial charge in [-0.1, -0.05) is 11.6 Å². The summed E-state index contributed by atoms with van der Waals surface area (Å²) in [7, 11) is -4.09. The Bertz CT molecular complexity index is 813. The van der Waals surface area contributed by atoms with Gasteiger partial charge in [0.1, 0.15) is 0 Å². The van der Waals surface area contributed by atoms with Crippen LogP contribution in [0.25, 0.3) is 0 Å². The maximum absolute atomic E-state index is 12.1. The molecule has 0 aromatic heterocycles. The van der Waals surface area contributed by atoms with Crippen molar-refractivity contribution in [3.05, 3.63) is 64.7 Å². The van der Waals surface area contributed by atoms with Crippen molar-refractivity contribution in [2.24, 2.45) is 0 Å². The number of carbonyl (C=O) groups is 2. The Labute approximate surface area is 131 Å². The van der Waals surface area contributed by atoms with Crippen LogP contribution in [0.15, 0.2) is 53.4 Å². The molecule has 2 aromatic rings. The lowest BCUT2D eigenvalue weighted by molar-refractivity contribution is 0.0696. The van der Waals surface area contributed by atoms with Gasteiger partial charge >= 0.3 is 5.97 Å². The lowest BCUT2D eigenvalue weighted by Crippen LogP contribution is -2.30. The minimum absolute atomic E-state index is 0.0528. The molecule has 0 bridgehead atoms. The number of hydrogen-bond acceptors (Lipinski definition) is 4. The first-order chi connectivity index (χ1) is 10.3. The number of carboxylic acid groups (broad SMARTS) is 1. The van der Waals surface area contributed by atoms with Gasteiger partial charge in [0.05, 0.1) is 10.5 Å². The van der Waals surface area contributed by atoms with E-state index in [9.17, 15) is 18.0 Å². The SMILES string of the molecule is O=C(O)c1ccc(S(=O)(=O)NC(=O)c2ccc(Cl)cc2)cc1. The number of sulfonamides is 1. The van der Waals surface area contributed by atoms with E-state index in [4.69, 9.17) is 16.7 Å². The van der Waals surface area contributed by atoms with Crippen LogP contribution in [0.5, 0.6) is 0 Å². The van der Waals surface area contributed by atoms with E-state index in [1.54, 1.807) is 0 Å². The number of hydrogen-bond donors (Lipinski definition) is 2. The summed E-state index contributed by atoms with van der Waals surface area (Å²) in [5.41, 5.74) is 0.0816. The molecule has 0 fully saturated rings. The summed E-state index contributed by atoms with van der Waals surface area (Å²) >= 11 is 5.69. The molecule has 1 amide bonds. The average molecular weight is 340 g/mol. The smallest absolute Gasteiger partial charge is 0.335 e. The Morgan fingerprint density at radius 2 is 1.41 bits per heavy atom. The monoisotopic (exact) mass is 339 g/mol. The Morgan fingerprint density at radius 3 is 1.91 bits per heavy atom. The van der Waals surface area contributed by atoms with Crippen LogP contribution in [0.1, 0.15) is 20.7 Å². The van der Waals surface area contributed by atoms with Crippen molar-refractivity contribution in [1.82, 2.24) is 4.72 Å². The Kier molecular flexibility index (Phi) is 4.48. The molecule has 0 aliphatic heterocycles. The molecule has 0 spiro atoms. The van der Waals surface area contributed by atoms with Crippen molar-refractivity contribution in [2.75, 3.05) is 0 Å². The van der Waals surface area contributed by atoms with E-state index in [2.05, 4.69) is 0 Å². The minimum Gasteiger partial charge on any atom is -0.478 e. The Balaban J connectivity index is 2.21. The zero-order valence-electron chi connectivity index (χ0n) is 11.0. The van der Waals surface area contributed by atoms with Gasteiger partial charge in [-0.25, -0.2) is 17.9 Å². The quantitative estimate of drug-likeness (QED) is 0.889. The largest absolute Gasteiger partial charge is 0.478 e. The molecule has 2 rings (SSSR count). The Hall–Kier alpha value is -2.38. The third kappa shape index (κ3) is 3.63. The van der Waals surface area contributed by atoms with Gasteiger partial charge in [0.2, 0.25) is 0 Å². The fraction of sp³-hybridized carbons (Fsp3) is 0. The highest BCUT2D eigenvalue weighted by atomic mass is 35.5. The molecular formula is C14H10ClNO5S. The predicted octanol–water partition coefficient (Wildman–Crippen LogP) is 2.16. The molecule has 0 atom stereocenters. The lowest BCUT2D eigenvalue weighted by Gasteiger charge is -2.07. The summed E-state index contributed by atoms with van der Waals surface area (Å²) in [5.74, 6) is -1.98. The molecular weight excluding hydrogens is 330 g/mol. The first-order valence-corrected chi connectivity index (χ1v) is 7.82. The third-order valence-corrected chi connectivity index (χ3v) is 4.34. The van der Waals surface area contributed by atoms with E-state index in [1.165, 1.54) is 24.3 Å². The van der Waals surface area contributed by atoms with E-state index < -0.39 is 21.9 Å². The van der Waals surface area contributed by atoms with Crippen molar-refractivity contribution < 1.29 is 23.1 Å². The second kappa shape index (κ2) is 6.17. The summed E-state index contributed by atoms with van der Waals surface area (Å²) in [4.78, 5) is 22.4.